The monoisotopic (exact) mass is 211 g/mol. The number of nitrogens with two attached hydrogens (primary N) is 1. The SMILES string of the molecule is Nc1ncccc1-c1nc2ncccc2[nH]1. The van der Waals surface area contributed by atoms with Crippen LogP contribution in [0.25, 0.3) is 22.6 Å². The first-order valence-corrected chi connectivity index (χ1v) is 4.86. The van der Waals surface area contributed by atoms with Gasteiger partial charge in [0.1, 0.15) is 11.6 Å². The van der Waals surface area contributed by atoms with Crippen molar-refractivity contribution in [3.63, 3.8) is 0 Å². The number of imidazole rings is 1. The summed E-state index contributed by atoms with van der Waals surface area (Å²) in [6.07, 6.45) is 3.36. The topological polar surface area (TPSA) is 80.5 Å². The van der Waals surface area contributed by atoms with Gasteiger partial charge >= 0.3 is 0 Å². The van der Waals surface area contributed by atoms with Crippen LogP contribution in [-0.4, -0.2) is 19.9 Å². The number of anilines is 1. The van der Waals surface area contributed by atoms with Crippen molar-refractivity contribution in [1.82, 2.24) is 19.9 Å². The van der Waals surface area contributed by atoms with E-state index in [0.29, 0.717) is 17.3 Å². The molecule has 0 spiro atoms. The van der Waals surface area contributed by atoms with Crippen molar-refractivity contribution in [2.45, 2.75) is 0 Å². The fourth-order valence-electron chi connectivity index (χ4n) is 1.59. The normalized spacial score (nSPS) is 10.8. The van der Waals surface area contributed by atoms with Crippen LogP contribution < -0.4 is 5.73 Å². The maximum atomic E-state index is 5.78. The Morgan fingerprint density at radius 1 is 1.06 bits per heavy atom. The number of aromatic amines is 1. The lowest BCUT2D eigenvalue weighted by Crippen LogP contribution is -1.93. The summed E-state index contributed by atoms with van der Waals surface area (Å²) in [7, 11) is 0. The van der Waals surface area contributed by atoms with E-state index in [-0.39, 0.29) is 0 Å². The zero-order valence-electron chi connectivity index (χ0n) is 8.38. The Balaban J connectivity index is 2.23. The molecule has 3 aromatic heterocycles. The van der Waals surface area contributed by atoms with Gasteiger partial charge in [-0.2, -0.15) is 0 Å². The lowest BCUT2D eigenvalue weighted by Gasteiger charge is -1.98. The van der Waals surface area contributed by atoms with Gasteiger partial charge in [0.05, 0.1) is 11.1 Å². The minimum atomic E-state index is 0.460. The highest BCUT2D eigenvalue weighted by atomic mass is 15.0. The van der Waals surface area contributed by atoms with Crippen LogP contribution in [0.15, 0.2) is 36.7 Å². The van der Waals surface area contributed by atoms with Gasteiger partial charge in [-0.25, -0.2) is 15.0 Å². The minimum Gasteiger partial charge on any atom is -0.383 e. The van der Waals surface area contributed by atoms with Crippen molar-refractivity contribution < 1.29 is 0 Å². The Morgan fingerprint density at radius 3 is 2.69 bits per heavy atom. The summed E-state index contributed by atoms with van der Waals surface area (Å²) in [5, 5.41) is 0. The largest absolute Gasteiger partial charge is 0.383 e. The van der Waals surface area contributed by atoms with Gasteiger partial charge in [-0.05, 0) is 24.3 Å². The van der Waals surface area contributed by atoms with Crippen LogP contribution in [0.2, 0.25) is 0 Å². The predicted molar refractivity (Wildman–Crippen MR) is 61.5 cm³/mol. The summed E-state index contributed by atoms with van der Waals surface area (Å²) in [6.45, 7) is 0. The van der Waals surface area contributed by atoms with Crippen molar-refractivity contribution in [3.05, 3.63) is 36.7 Å². The van der Waals surface area contributed by atoms with Crippen molar-refractivity contribution >= 4 is 17.0 Å². The number of H-pyrrole nitrogens is 1. The zero-order chi connectivity index (χ0) is 11.0. The molecule has 0 aliphatic heterocycles. The molecule has 5 heteroatoms. The number of pyridine rings is 2. The number of nitrogen functional groups attached to an aromatic ring is 1. The van der Waals surface area contributed by atoms with Crippen LogP contribution in [0, 0.1) is 0 Å². The standard InChI is InChI=1S/C11H9N5/c12-9-7(3-1-5-13-9)10-15-8-4-2-6-14-11(8)16-10/h1-6H,(H2,12,13)(H,14,15,16). The second kappa shape index (κ2) is 3.30. The third kappa shape index (κ3) is 1.30. The van der Waals surface area contributed by atoms with E-state index in [1.807, 2.05) is 24.3 Å². The molecule has 16 heavy (non-hydrogen) atoms. The number of nitrogens with zero attached hydrogens (tertiary/aromatic N) is 3. The number of fused-ring (bicyclic) bond motifs is 1. The molecule has 0 saturated heterocycles. The molecule has 0 fully saturated rings. The summed E-state index contributed by atoms with van der Waals surface area (Å²) in [6, 6.07) is 7.48. The molecule has 3 aromatic rings. The molecule has 5 nitrogen and oxygen atoms in total. The quantitative estimate of drug-likeness (QED) is 0.640. The molecule has 3 heterocycles. The van der Waals surface area contributed by atoms with E-state index in [4.69, 9.17) is 5.73 Å². The molecule has 0 saturated carbocycles. The molecule has 0 aromatic carbocycles. The number of hydrogen-bond donors (Lipinski definition) is 2. The maximum Gasteiger partial charge on any atom is 0.178 e. The van der Waals surface area contributed by atoms with Gasteiger partial charge < -0.3 is 10.7 Å². The van der Waals surface area contributed by atoms with Gasteiger partial charge in [-0.15, -0.1) is 0 Å². The molecule has 78 valence electrons. The molecule has 0 radical (unpaired) electrons. The van der Waals surface area contributed by atoms with Gasteiger partial charge in [0, 0.05) is 12.4 Å². The van der Waals surface area contributed by atoms with Gasteiger partial charge in [0.15, 0.2) is 5.65 Å². The summed E-state index contributed by atoms with van der Waals surface area (Å²) in [5.41, 5.74) is 8.15. The highest BCUT2D eigenvalue weighted by Gasteiger charge is 2.08. The molecule has 0 atom stereocenters. The lowest BCUT2D eigenvalue weighted by atomic mass is 10.2. The summed E-state index contributed by atoms with van der Waals surface area (Å²) in [4.78, 5) is 15.7. The van der Waals surface area contributed by atoms with Crippen LogP contribution in [0.5, 0.6) is 0 Å². The van der Waals surface area contributed by atoms with E-state index in [1.165, 1.54) is 0 Å². The minimum absolute atomic E-state index is 0.460. The molecule has 0 aliphatic carbocycles. The van der Waals surface area contributed by atoms with Crippen LogP contribution >= 0.6 is 0 Å². The molecule has 3 N–H and O–H groups in total. The lowest BCUT2D eigenvalue weighted by molar-refractivity contribution is 1.27. The molecule has 0 bridgehead atoms. The van der Waals surface area contributed by atoms with E-state index in [0.717, 1.165) is 11.1 Å². The van der Waals surface area contributed by atoms with Gasteiger partial charge in [-0.1, -0.05) is 0 Å². The van der Waals surface area contributed by atoms with E-state index in [1.54, 1.807) is 12.4 Å². The molecular formula is C11H9N5. The first kappa shape index (κ1) is 8.84. The average molecular weight is 211 g/mol. The highest BCUT2D eigenvalue weighted by Crippen LogP contribution is 2.22. The summed E-state index contributed by atoms with van der Waals surface area (Å²) < 4.78 is 0. The van der Waals surface area contributed by atoms with Gasteiger partial charge in [0.25, 0.3) is 0 Å². The second-order valence-corrected chi connectivity index (χ2v) is 3.40. The van der Waals surface area contributed by atoms with E-state index in [9.17, 15) is 0 Å². The number of aromatic nitrogens is 4. The smallest absolute Gasteiger partial charge is 0.178 e. The Bertz CT molecular complexity index is 610. The zero-order valence-corrected chi connectivity index (χ0v) is 8.38. The van der Waals surface area contributed by atoms with Crippen LogP contribution in [-0.2, 0) is 0 Å². The average Bonchev–Trinajstić information content (AvgIpc) is 2.73. The number of nitrogens with one attached hydrogen (secondary N) is 1. The van der Waals surface area contributed by atoms with Crippen molar-refractivity contribution in [2.24, 2.45) is 0 Å². The summed E-state index contributed by atoms with van der Waals surface area (Å²) >= 11 is 0. The fraction of sp³-hybridized carbons (Fsp3) is 0. The van der Waals surface area contributed by atoms with E-state index >= 15 is 0 Å². The Labute approximate surface area is 91.4 Å². The van der Waals surface area contributed by atoms with E-state index in [2.05, 4.69) is 19.9 Å². The predicted octanol–water partition coefficient (Wildman–Crippen LogP) is 1.60. The van der Waals surface area contributed by atoms with Crippen molar-refractivity contribution in [1.29, 1.82) is 0 Å². The van der Waals surface area contributed by atoms with Crippen LogP contribution in [0.4, 0.5) is 5.82 Å². The maximum absolute atomic E-state index is 5.78. The van der Waals surface area contributed by atoms with E-state index < -0.39 is 0 Å². The fourth-order valence-corrected chi connectivity index (χ4v) is 1.59. The Morgan fingerprint density at radius 2 is 1.88 bits per heavy atom. The molecule has 0 amide bonds. The molecule has 0 aliphatic rings. The Hall–Kier alpha value is -2.43. The van der Waals surface area contributed by atoms with Gasteiger partial charge in [-0.3, -0.25) is 0 Å². The first-order valence-electron chi connectivity index (χ1n) is 4.86. The molecular weight excluding hydrogens is 202 g/mol. The molecule has 0 unspecified atom stereocenters. The second-order valence-electron chi connectivity index (χ2n) is 3.40. The van der Waals surface area contributed by atoms with Crippen molar-refractivity contribution in [2.75, 3.05) is 5.73 Å². The van der Waals surface area contributed by atoms with Crippen LogP contribution in [0.1, 0.15) is 0 Å². The summed E-state index contributed by atoms with van der Waals surface area (Å²) in [5.74, 6) is 1.15. The third-order valence-corrected chi connectivity index (χ3v) is 2.35. The number of hydrogen-bond acceptors (Lipinski definition) is 4. The first-order chi connectivity index (χ1) is 7.84. The van der Waals surface area contributed by atoms with Crippen LogP contribution in [0.3, 0.4) is 0 Å². The third-order valence-electron chi connectivity index (χ3n) is 2.35. The molecule has 3 rings (SSSR count). The highest BCUT2D eigenvalue weighted by molar-refractivity contribution is 5.78. The van der Waals surface area contributed by atoms with Gasteiger partial charge in [0.2, 0.25) is 0 Å². The van der Waals surface area contributed by atoms with Crippen molar-refractivity contribution in [3.8, 4) is 11.4 Å². The Kier molecular flexibility index (Phi) is 1.83. The number of rotatable bonds is 1.